The molecule has 0 saturated heterocycles. The summed E-state index contributed by atoms with van der Waals surface area (Å²) >= 11 is 0.935. The first-order chi connectivity index (χ1) is 8.82. The maximum atomic E-state index is 11.4. The van der Waals surface area contributed by atoms with Crippen LogP contribution >= 0.6 is 11.8 Å². The lowest BCUT2D eigenvalue weighted by atomic mass is 10.00. The molecule has 0 radical (unpaired) electrons. The minimum Gasteiger partial charge on any atom is -0.398 e. The lowest BCUT2D eigenvalue weighted by Gasteiger charge is -2.18. The number of hydrogen-bond donors (Lipinski definition) is 3. The van der Waals surface area contributed by atoms with Crippen LogP contribution in [0.5, 0.6) is 0 Å². The van der Waals surface area contributed by atoms with E-state index in [-0.39, 0.29) is 16.7 Å². The Morgan fingerprint density at radius 2 is 1.95 bits per heavy atom. The number of Topliss-reactive ketones (excluding diaryl/α,β-unsaturated/α-hetero) is 1. The van der Waals surface area contributed by atoms with Crippen molar-refractivity contribution in [1.29, 1.82) is 0 Å². The Morgan fingerprint density at radius 3 is 2.47 bits per heavy atom. The molecule has 1 aromatic rings. The monoisotopic (exact) mass is 283 g/mol. The summed E-state index contributed by atoms with van der Waals surface area (Å²) in [5, 5.41) is 19.6. The molecule has 2 unspecified atom stereocenters. The van der Waals surface area contributed by atoms with Gasteiger partial charge in [0.15, 0.2) is 10.9 Å². The molecule has 6 heteroatoms. The second-order valence-corrected chi connectivity index (χ2v) is 5.41. The standard InChI is InChI=1S/C13H17NO4S/c1-7(15)10-5-9(3-4-11(10)14)13(18)12(17)6-19-8(2)16/h3-5,12-13,17-18H,6,14H2,1-2H3. The average molecular weight is 283 g/mol. The topological polar surface area (TPSA) is 101 Å². The van der Waals surface area contributed by atoms with Gasteiger partial charge in [0.2, 0.25) is 0 Å². The molecule has 0 aliphatic carbocycles. The van der Waals surface area contributed by atoms with Gasteiger partial charge in [0.25, 0.3) is 0 Å². The number of carbonyl (C=O) groups excluding carboxylic acids is 2. The Morgan fingerprint density at radius 1 is 1.32 bits per heavy atom. The van der Waals surface area contributed by atoms with Crippen molar-refractivity contribution in [2.75, 3.05) is 11.5 Å². The zero-order valence-electron chi connectivity index (χ0n) is 10.8. The molecule has 0 amide bonds. The Kier molecular flexibility index (Phi) is 5.53. The van der Waals surface area contributed by atoms with Crippen LogP contribution in [-0.4, -0.2) is 33.0 Å². The van der Waals surface area contributed by atoms with Crippen molar-refractivity contribution < 1.29 is 19.8 Å². The SMILES string of the molecule is CC(=O)SCC(O)C(O)c1ccc(N)c(C(C)=O)c1. The Labute approximate surface area is 115 Å². The van der Waals surface area contributed by atoms with Crippen LogP contribution in [-0.2, 0) is 4.79 Å². The van der Waals surface area contributed by atoms with Crippen LogP contribution in [0.15, 0.2) is 18.2 Å². The van der Waals surface area contributed by atoms with E-state index in [0.29, 0.717) is 16.8 Å². The van der Waals surface area contributed by atoms with Crippen LogP contribution in [0.3, 0.4) is 0 Å². The number of aliphatic hydroxyl groups excluding tert-OH is 2. The van der Waals surface area contributed by atoms with Gasteiger partial charge in [-0.05, 0) is 24.6 Å². The fourth-order valence-corrected chi connectivity index (χ4v) is 2.17. The van der Waals surface area contributed by atoms with E-state index in [0.717, 1.165) is 11.8 Å². The summed E-state index contributed by atoms with van der Waals surface area (Å²) in [6.07, 6.45) is -2.25. The van der Waals surface area contributed by atoms with E-state index in [1.807, 2.05) is 0 Å². The summed E-state index contributed by atoms with van der Waals surface area (Å²) in [5.74, 6) is -0.116. The predicted molar refractivity (Wildman–Crippen MR) is 75.0 cm³/mol. The number of thioether (sulfide) groups is 1. The molecule has 0 fully saturated rings. The van der Waals surface area contributed by atoms with Crippen LogP contribution in [0, 0.1) is 0 Å². The van der Waals surface area contributed by atoms with Crippen LogP contribution in [0.4, 0.5) is 5.69 Å². The highest BCUT2D eigenvalue weighted by molar-refractivity contribution is 8.13. The molecule has 19 heavy (non-hydrogen) atoms. The molecule has 5 nitrogen and oxygen atoms in total. The largest absolute Gasteiger partial charge is 0.398 e. The van der Waals surface area contributed by atoms with Gasteiger partial charge in [-0.2, -0.15) is 0 Å². The molecular formula is C13H17NO4S. The highest BCUT2D eigenvalue weighted by Gasteiger charge is 2.20. The van der Waals surface area contributed by atoms with Crippen LogP contribution in [0.1, 0.15) is 35.9 Å². The Hall–Kier alpha value is -1.37. The maximum absolute atomic E-state index is 11.4. The van der Waals surface area contributed by atoms with Crippen molar-refractivity contribution in [1.82, 2.24) is 0 Å². The number of carbonyl (C=O) groups is 2. The van der Waals surface area contributed by atoms with Gasteiger partial charge in [0.1, 0.15) is 6.10 Å². The second kappa shape index (κ2) is 6.70. The lowest BCUT2D eigenvalue weighted by Crippen LogP contribution is -2.21. The first kappa shape index (κ1) is 15.7. The van der Waals surface area contributed by atoms with Gasteiger partial charge in [0, 0.05) is 23.9 Å². The van der Waals surface area contributed by atoms with Gasteiger partial charge in [0.05, 0.1) is 6.10 Å². The molecule has 2 atom stereocenters. The van der Waals surface area contributed by atoms with Crippen molar-refractivity contribution >= 4 is 28.3 Å². The lowest BCUT2D eigenvalue weighted by molar-refractivity contribution is -0.109. The molecule has 1 rings (SSSR count). The van der Waals surface area contributed by atoms with Crippen molar-refractivity contribution in [2.24, 2.45) is 0 Å². The molecule has 0 bridgehead atoms. The van der Waals surface area contributed by atoms with Gasteiger partial charge < -0.3 is 15.9 Å². The minimum atomic E-state index is -1.16. The molecule has 0 saturated carbocycles. The number of rotatable bonds is 5. The third-order valence-electron chi connectivity index (χ3n) is 2.62. The van der Waals surface area contributed by atoms with Crippen LogP contribution < -0.4 is 5.73 Å². The zero-order chi connectivity index (χ0) is 14.6. The third-order valence-corrected chi connectivity index (χ3v) is 3.53. The van der Waals surface area contributed by atoms with E-state index >= 15 is 0 Å². The van der Waals surface area contributed by atoms with E-state index in [2.05, 4.69) is 0 Å². The number of nitrogens with two attached hydrogens (primary N) is 1. The summed E-state index contributed by atoms with van der Waals surface area (Å²) in [4.78, 5) is 22.2. The third kappa shape index (κ3) is 4.34. The van der Waals surface area contributed by atoms with Crippen molar-refractivity contribution in [3.63, 3.8) is 0 Å². The summed E-state index contributed by atoms with van der Waals surface area (Å²) < 4.78 is 0. The van der Waals surface area contributed by atoms with Crippen LogP contribution in [0.25, 0.3) is 0 Å². The van der Waals surface area contributed by atoms with E-state index < -0.39 is 12.2 Å². The number of aliphatic hydroxyl groups is 2. The molecule has 1 aromatic carbocycles. The van der Waals surface area contributed by atoms with Gasteiger partial charge in [-0.15, -0.1) is 0 Å². The van der Waals surface area contributed by atoms with Crippen molar-refractivity contribution in [2.45, 2.75) is 26.1 Å². The number of hydrogen-bond acceptors (Lipinski definition) is 6. The normalized spacial score (nSPS) is 13.9. The number of ketones is 1. The second-order valence-electron chi connectivity index (χ2n) is 4.22. The molecule has 104 valence electrons. The molecule has 0 spiro atoms. The molecule has 0 aromatic heterocycles. The van der Waals surface area contributed by atoms with E-state index in [9.17, 15) is 19.8 Å². The Balaban J connectivity index is 2.87. The van der Waals surface area contributed by atoms with E-state index in [4.69, 9.17) is 5.73 Å². The van der Waals surface area contributed by atoms with Gasteiger partial charge in [-0.1, -0.05) is 17.8 Å². The summed E-state index contributed by atoms with van der Waals surface area (Å²) in [6.45, 7) is 2.77. The fraction of sp³-hybridized carbons (Fsp3) is 0.385. The maximum Gasteiger partial charge on any atom is 0.185 e. The number of anilines is 1. The first-order valence-corrected chi connectivity index (χ1v) is 6.71. The zero-order valence-corrected chi connectivity index (χ0v) is 11.6. The van der Waals surface area contributed by atoms with Crippen molar-refractivity contribution in [3.8, 4) is 0 Å². The Bertz CT molecular complexity index is 490. The fourth-order valence-electron chi connectivity index (χ4n) is 1.58. The van der Waals surface area contributed by atoms with E-state index in [1.54, 1.807) is 6.07 Å². The van der Waals surface area contributed by atoms with Crippen molar-refractivity contribution in [3.05, 3.63) is 29.3 Å². The van der Waals surface area contributed by atoms with Gasteiger partial charge in [-0.25, -0.2) is 0 Å². The summed E-state index contributed by atoms with van der Waals surface area (Å²) in [6, 6.07) is 4.53. The minimum absolute atomic E-state index is 0.0935. The number of nitrogen functional groups attached to an aromatic ring is 1. The highest BCUT2D eigenvalue weighted by atomic mass is 32.2. The van der Waals surface area contributed by atoms with Crippen LogP contribution in [0.2, 0.25) is 0 Å². The molecule has 0 heterocycles. The summed E-state index contributed by atoms with van der Waals surface area (Å²) in [7, 11) is 0. The smallest absolute Gasteiger partial charge is 0.185 e. The number of benzene rings is 1. The van der Waals surface area contributed by atoms with Gasteiger partial charge >= 0.3 is 0 Å². The molecule has 4 N–H and O–H groups in total. The quantitative estimate of drug-likeness (QED) is 0.553. The molecular weight excluding hydrogens is 266 g/mol. The average Bonchev–Trinajstić information content (AvgIpc) is 2.35. The highest BCUT2D eigenvalue weighted by Crippen LogP contribution is 2.24. The van der Waals surface area contributed by atoms with Gasteiger partial charge in [-0.3, -0.25) is 9.59 Å². The summed E-state index contributed by atoms with van der Waals surface area (Å²) in [5.41, 5.74) is 6.69. The molecule has 0 aliphatic rings. The first-order valence-electron chi connectivity index (χ1n) is 5.72. The molecule has 0 aliphatic heterocycles. The predicted octanol–water partition coefficient (Wildman–Crippen LogP) is 1.15. The van der Waals surface area contributed by atoms with E-state index in [1.165, 1.54) is 26.0 Å².